The normalized spacial score (nSPS) is 15.7. The Labute approximate surface area is 126 Å². The molecule has 2 atom stereocenters. The van der Waals surface area contributed by atoms with Crippen LogP contribution in [0.3, 0.4) is 0 Å². The molecule has 0 aliphatic carbocycles. The molecular formula is C16H25NO4. The number of carboxylic acids is 1. The fraction of sp³-hybridized carbons (Fsp3) is 0.562. The van der Waals surface area contributed by atoms with Crippen molar-refractivity contribution in [2.75, 3.05) is 20.3 Å². The number of methoxy groups -OCH3 is 1. The number of benzene rings is 1. The molecule has 0 saturated heterocycles. The Balaban J connectivity index is 3.05. The Morgan fingerprint density at radius 2 is 1.90 bits per heavy atom. The third-order valence-electron chi connectivity index (χ3n) is 3.15. The van der Waals surface area contributed by atoms with Gasteiger partial charge in [0.1, 0.15) is 0 Å². The van der Waals surface area contributed by atoms with E-state index >= 15 is 0 Å². The molecule has 1 aromatic rings. The lowest BCUT2D eigenvalue weighted by Crippen LogP contribution is -2.55. The average Bonchev–Trinajstić information content (AvgIpc) is 2.44. The molecular weight excluding hydrogens is 270 g/mol. The summed E-state index contributed by atoms with van der Waals surface area (Å²) in [6.07, 6.45) is -0.175. The lowest BCUT2D eigenvalue weighted by molar-refractivity contribution is -0.150. The molecule has 0 amide bonds. The first-order valence-electron chi connectivity index (χ1n) is 7.09. The van der Waals surface area contributed by atoms with Crippen molar-refractivity contribution >= 4 is 5.97 Å². The molecule has 5 nitrogen and oxygen atoms in total. The van der Waals surface area contributed by atoms with E-state index in [0.717, 1.165) is 0 Å². The molecule has 0 bridgehead atoms. The van der Waals surface area contributed by atoms with Crippen LogP contribution in [0.4, 0.5) is 0 Å². The summed E-state index contributed by atoms with van der Waals surface area (Å²) in [6, 6.07) is 9.12. The number of aliphatic carboxylic acids is 1. The third kappa shape index (κ3) is 4.81. The molecule has 0 fully saturated rings. The van der Waals surface area contributed by atoms with Gasteiger partial charge in [-0.15, -0.1) is 0 Å². The van der Waals surface area contributed by atoms with Crippen molar-refractivity contribution < 1.29 is 19.4 Å². The van der Waals surface area contributed by atoms with Gasteiger partial charge < -0.3 is 14.6 Å². The zero-order valence-corrected chi connectivity index (χ0v) is 13.1. The first kappa shape index (κ1) is 17.6. The first-order chi connectivity index (χ1) is 9.92. The van der Waals surface area contributed by atoms with E-state index in [1.54, 1.807) is 19.2 Å². The summed E-state index contributed by atoms with van der Waals surface area (Å²) >= 11 is 0. The van der Waals surface area contributed by atoms with Crippen molar-refractivity contribution in [1.82, 2.24) is 5.32 Å². The van der Waals surface area contributed by atoms with Crippen LogP contribution >= 0.6 is 0 Å². The summed E-state index contributed by atoms with van der Waals surface area (Å²) in [5.74, 6) is -0.952. The minimum absolute atomic E-state index is 0.00244. The van der Waals surface area contributed by atoms with Gasteiger partial charge in [-0.25, -0.2) is 4.79 Å². The summed E-state index contributed by atoms with van der Waals surface area (Å²) in [4.78, 5) is 12.0. The summed E-state index contributed by atoms with van der Waals surface area (Å²) in [6.45, 7) is 6.15. The van der Waals surface area contributed by atoms with E-state index in [4.69, 9.17) is 9.47 Å². The maximum Gasteiger partial charge on any atom is 0.331 e. The Hall–Kier alpha value is -1.43. The van der Waals surface area contributed by atoms with Crippen molar-refractivity contribution in [2.45, 2.75) is 38.5 Å². The van der Waals surface area contributed by atoms with Crippen LogP contribution in [0.2, 0.25) is 0 Å². The number of nitrogens with one attached hydrogen (secondary N) is 1. The number of carboxylic acid groups (broad SMARTS) is 1. The average molecular weight is 295 g/mol. The summed E-state index contributed by atoms with van der Waals surface area (Å²) in [5.41, 5.74) is -0.590. The molecule has 2 N–H and O–H groups in total. The maximum atomic E-state index is 12.0. The van der Waals surface area contributed by atoms with Crippen LogP contribution in [0, 0.1) is 0 Å². The van der Waals surface area contributed by atoms with Crippen molar-refractivity contribution in [3.05, 3.63) is 35.9 Å². The fourth-order valence-electron chi connectivity index (χ4n) is 2.22. The van der Waals surface area contributed by atoms with Gasteiger partial charge in [-0.3, -0.25) is 5.32 Å². The smallest absolute Gasteiger partial charge is 0.331 e. The zero-order valence-electron chi connectivity index (χ0n) is 13.1. The molecule has 0 saturated carbocycles. The highest BCUT2D eigenvalue weighted by Gasteiger charge is 2.41. The number of hydrogen-bond donors (Lipinski definition) is 2. The summed E-state index contributed by atoms with van der Waals surface area (Å²) < 4.78 is 10.7. The molecule has 21 heavy (non-hydrogen) atoms. The van der Waals surface area contributed by atoms with Gasteiger partial charge in [-0.05, 0) is 26.3 Å². The van der Waals surface area contributed by atoms with E-state index in [2.05, 4.69) is 5.32 Å². The predicted molar refractivity (Wildman–Crippen MR) is 81.3 cm³/mol. The van der Waals surface area contributed by atoms with Gasteiger partial charge in [0.25, 0.3) is 0 Å². The van der Waals surface area contributed by atoms with Crippen LogP contribution in [0.5, 0.6) is 0 Å². The van der Waals surface area contributed by atoms with E-state index in [1.165, 1.54) is 0 Å². The molecule has 1 aromatic carbocycles. The predicted octanol–water partition coefficient (Wildman–Crippen LogP) is 2.02. The highest BCUT2D eigenvalue weighted by atomic mass is 16.5. The van der Waals surface area contributed by atoms with Crippen molar-refractivity contribution in [1.29, 1.82) is 0 Å². The highest BCUT2D eigenvalue weighted by Crippen LogP contribution is 2.24. The molecule has 1 rings (SSSR count). The van der Waals surface area contributed by atoms with E-state index in [9.17, 15) is 9.90 Å². The minimum atomic E-state index is -1.27. The second-order valence-corrected chi connectivity index (χ2v) is 5.45. The van der Waals surface area contributed by atoms with Crippen LogP contribution in [-0.2, 0) is 19.8 Å². The van der Waals surface area contributed by atoms with Crippen LogP contribution in [-0.4, -0.2) is 43.5 Å². The summed E-state index contributed by atoms with van der Waals surface area (Å²) in [5, 5.41) is 12.9. The molecule has 0 heterocycles. The molecule has 0 radical (unpaired) electrons. The topological polar surface area (TPSA) is 67.8 Å². The second-order valence-electron chi connectivity index (χ2n) is 5.45. The quantitative estimate of drug-likeness (QED) is 0.729. The maximum absolute atomic E-state index is 12.0. The number of ether oxygens (including phenoxy) is 2. The second kappa shape index (κ2) is 8.12. The third-order valence-corrected chi connectivity index (χ3v) is 3.15. The highest BCUT2D eigenvalue weighted by molar-refractivity contribution is 5.81. The molecule has 2 unspecified atom stereocenters. The van der Waals surface area contributed by atoms with Crippen LogP contribution in [0.15, 0.2) is 30.3 Å². The molecule has 0 aliphatic heterocycles. The van der Waals surface area contributed by atoms with Gasteiger partial charge in [0.05, 0.1) is 19.3 Å². The van der Waals surface area contributed by atoms with Gasteiger partial charge in [-0.1, -0.05) is 30.3 Å². The van der Waals surface area contributed by atoms with Gasteiger partial charge in [0.2, 0.25) is 0 Å². The molecule has 0 spiro atoms. The lowest BCUT2D eigenvalue weighted by atomic mass is 9.89. The first-order valence-corrected chi connectivity index (χ1v) is 7.09. The van der Waals surface area contributed by atoms with Gasteiger partial charge in [-0.2, -0.15) is 0 Å². The molecule has 5 heteroatoms. The zero-order chi connectivity index (χ0) is 15.9. The Bertz CT molecular complexity index is 435. The van der Waals surface area contributed by atoms with Crippen molar-refractivity contribution in [2.24, 2.45) is 0 Å². The van der Waals surface area contributed by atoms with Crippen LogP contribution in [0.1, 0.15) is 26.3 Å². The van der Waals surface area contributed by atoms with E-state index < -0.39 is 11.5 Å². The molecule has 0 aliphatic rings. The Morgan fingerprint density at radius 3 is 2.38 bits per heavy atom. The Morgan fingerprint density at radius 1 is 1.29 bits per heavy atom. The Kier molecular flexibility index (Phi) is 6.81. The van der Waals surface area contributed by atoms with Crippen LogP contribution in [0.25, 0.3) is 0 Å². The SMILES string of the molecule is COCC(C)OCC(NC(C)C)(C(=O)O)c1ccccc1. The summed E-state index contributed by atoms with van der Waals surface area (Å²) in [7, 11) is 1.59. The van der Waals surface area contributed by atoms with Gasteiger partial charge >= 0.3 is 5.97 Å². The van der Waals surface area contributed by atoms with Crippen molar-refractivity contribution in [3.8, 4) is 0 Å². The van der Waals surface area contributed by atoms with Crippen molar-refractivity contribution in [3.63, 3.8) is 0 Å². The van der Waals surface area contributed by atoms with Gasteiger partial charge in [0, 0.05) is 13.2 Å². The number of hydrogen-bond acceptors (Lipinski definition) is 4. The van der Waals surface area contributed by atoms with Gasteiger partial charge in [0.15, 0.2) is 5.54 Å². The number of carbonyl (C=O) groups is 1. The minimum Gasteiger partial charge on any atom is -0.480 e. The molecule has 0 aromatic heterocycles. The fourth-order valence-corrected chi connectivity index (χ4v) is 2.22. The monoisotopic (exact) mass is 295 g/mol. The molecule has 118 valence electrons. The van der Waals surface area contributed by atoms with E-state index in [-0.39, 0.29) is 18.8 Å². The lowest BCUT2D eigenvalue weighted by Gasteiger charge is -2.33. The standard InChI is InChI=1S/C16H25NO4/c1-12(2)17-16(15(18)19,11-21-13(3)10-20-4)14-8-6-5-7-9-14/h5-9,12-13,17H,10-11H2,1-4H3,(H,18,19). The van der Waals surface area contributed by atoms with E-state index in [0.29, 0.717) is 12.2 Å². The number of rotatable bonds is 9. The van der Waals surface area contributed by atoms with E-state index in [1.807, 2.05) is 39.0 Å². The largest absolute Gasteiger partial charge is 0.480 e. The van der Waals surface area contributed by atoms with Crippen LogP contribution < -0.4 is 5.32 Å².